The Bertz CT molecular complexity index is 691. The Morgan fingerprint density at radius 2 is 2.00 bits per heavy atom. The van der Waals surface area contributed by atoms with E-state index in [4.69, 9.17) is 0 Å². The predicted molar refractivity (Wildman–Crippen MR) is 84.0 cm³/mol. The maximum Gasteiger partial charge on any atom is 0.269 e. The largest absolute Gasteiger partial charge is 0.378 e. The number of rotatable bonds is 4. The van der Waals surface area contributed by atoms with E-state index >= 15 is 0 Å². The van der Waals surface area contributed by atoms with Gasteiger partial charge in [0.2, 0.25) is 0 Å². The van der Waals surface area contributed by atoms with Gasteiger partial charge in [0, 0.05) is 27.9 Å². The fraction of sp³-hybridized carbons (Fsp3) is 0.200. The molecule has 6 heteroatoms. The lowest BCUT2D eigenvalue weighted by atomic mass is 10.1. The number of halogens is 2. The van der Waals surface area contributed by atoms with Gasteiger partial charge in [-0.25, -0.2) is 4.39 Å². The van der Waals surface area contributed by atoms with E-state index in [9.17, 15) is 14.5 Å². The van der Waals surface area contributed by atoms with E-state index in [1.807, 2.05) is 6.92 Å². The predicted octanol–water partition coefficient (Wildman–Crippen LogP) is 4.98. The van der Waals surface area contributed by atoms with E-state index < -0.39 is 4.92 Å². The van der Waals surface area contributed by atoms with Gasteiger partial charge in [-0.3, -0.25) is 10.1 Å². The lowest BCUT2D eigenvalue weighted by molar-refractivity contribution is -0.384. The summed E-state index contributed by atoms with van der Waals surface area (Å²) in [4.78, 5) is 10.3. The second-order valence-electron chi connectivity index (χ2n) is 4.79. The average molecular weight is 353 g/mol. The van der Waals surface area contributed by atoms with Crippen LogP contribution in [0.3, 0.4) is 0 Å². The molecule has 1 N–H and O–H groups in total. The van der Waals surface area contributed by atoms with Crippen molar-refractivity contribution in [2.45, 2.75) is 19.9 Å². The Kier molecular flexibility index (Phi) is 4.57. The molecule has 2 rings (SSSR count). The molecule has 0 heterocycles. The van der Waals surface area contributed by atoms with Gasteiger partial charge in [0.15, 0.2) is 0 Å². The fourth-order valence-corrected chi connectivity index (χ4v) is 2.46. The third kappa shape index (κ3) is 3.58. The van der Waals surface area contributed by atoms with E-state index in [2.05, 4.69) is 21.2 Å². The van der Waals surface area contributed by atoms with Gasteiger partial charge in [0.25, 0.3) is 5.69 Å². The smallest absolute Gasteiger partial charge is 0.269 e. The minimum Gasteiger partial charge on any atom is -0.378 e. The van der Waals surface area contributed by atoms with Crippen molar-refractivity contribution in [1.82, 2.24) is 0 Å². The van der Waals surface area contributed by atoms with Gasteiger partial charge >= 0.3 is 0 Å². The second-order valence-corrected chi connectivity index (χ2v) is 5.70. The number of benzene rings is 2. The van der Waals surface area contributed by atoms with Crippen molar-refractivity contribution in [3.63, 3.8) is 0 Å². The first-order valence-corrected chi connectivity index (χ1v) is 7.14. The molecule has 21 heavy (non-hydrogen) atoms. The molecule has 0 saturated heterocycles. The molecule has 0 amide bonds. The molecule has 0 fully saturated rings. The molecule has 1 unspecified atom stereocenters. The van der Waals surface area contributed by atoms with E-state index in [0.717, 1.165) is 15.7 Å². The zero-order chi connectivity index (χ0) is 15.6. The summed E-state index contributed by atoms with van der Waals surface area (Å²) in [7, 11) is 0. The Hall–Kier alpha value is -1.95. The zero-order valence-electron chi connectivity index (χ0n) is 11.6. The van der Waals surface area contributed by atoms with Crippen LogP contribution in [0.1, 0.15) is 24.1 Å². The molecule has 2 aromatic rings. The van der Waals surface area contributed by atoms with Gasteiger partial charge in [-0.15, -0.1) is 0 Å². The van der Waals surface area contributed by atoms with Crippen LogP contribution in [0.5, 0.6) is 0 Å². The van der Waals surface area contributed by atoms with Crippen molar-refractivity contribution in [3.05, 3.63) is 67.9 Å². The highest BCUT2D eigenvalue weighted by atomic mass is 79.9. The molecule has 0 radical (unpaired) electrons. The molecule has 0 aliphatic rings. The Labute approximate surface area is 130 Å². The van der Waals surface area contributed by atoms with Crippen molar-refractivity contribution in [3.8, 4) is 0 Å². The lowest BCUT2D eigenvalue weighted by Crippen LogP contribution is -2.09. The van der Waals surface area contributed by atoms with Crippen LogP contribution in [-0.2, 0) is 0 Å². The fourth-order valence-electron chi connectivity index (χ4n) is 2.08. The van der Waals surface area contributed by atoms with Crippen LogP contribution in [0.15, 0.2) is 40.9 Å². The van der Waals surface area contributed by atoms with Crippen molar-refractivity contribution < 1.29 is 9.31 Å². The minimum atomic E-state index is -0.436. The summed E-state index contributed by atoms with van der Waals surface area (Å²) >= 11 is 3.32. The molecule has 110 valence electrons. The molecule has 0 spiro atoms. The van der Waals surface area contributed by atoms with Crippen LogP contribution in [0.2, 0.25) is 0 Å². The number of hydrogen-bond donors (Lipinski definition) is 1. The highest BCUT2D eigenvalue weighted by Gasteiger charge is 2.14. The van der Waals surface area contributed by atoms with Gasteiger partial charge < -0.3 is 5.32 Å². The summed E-state index contributed by atoms with van der Waals surface area (Å²) in [6.45, 7) is 3.62. The molecule has 0 aliphatic heterocycles. The van der Waals surface area contributed by atoms with Crippen molar-refractivity contribution in [2.75, 3.05) is 5.32 Å². The van der Waals surface area contributed by atoms with E-state index in [-0.39, 0.29) is 17.5 Å². The number of nitro benzene ring substituents is 1. The standard InChI is InChI=1S/C15H14BrFN2O2/c1-9-7-12(19(20)21)4-6-15(9)18-10(2)13-8-11(16)3-5-14(13)17/h3-8,10,18H,1-2H3. The first kappa shape index (κ1) is 15.4. The maximum atomic E-state index is 13.8. The van der Waals surface area contributed by atoms with Gasteiger partial charge in [-0.2, -0.15) is 0 Å². The SMILES string of the molecule is Cc1cc([N+](=O)[O-])ccc1NC(C)c1cc(Br)ccc1F. The molecule has 2 aromatic carbocycles. The van der Waals surface area contributed by atoms with Crippen molar-refractivity contribution in [1.29, 1.82) is 0 Å². The average Bonchev–Trinajstić information content (AvgIpc) is 2.43. The van der Waals surface area contributed by atoms with Gasteiger partial charge in [-0.05, 0) is 43.7 Å². The molecule has 0 saturated carbocycles. The molecule has 4 nitrogen and oxygen atoms in total. The monoisotopic (exact) mass is 352 g/mol. The summed E-state index contributed by atoms with van der Waals surface area (Å²) in [6, 6.07) is 9.06. The zero-order valence-corrected chi connectivity index (χ0v) is 13.1. The lowest BCUT2D eigenvalue weighted by Gasteiger charge is -2.18. The molecule has 0 aromatic heterocycles. The third-order valence-corrected chi connectivity index (χ3v) is 3.71. The molecule has 0 bridgehead atoms. The first-order chi connectivity index (χ1) is 9.88. The van der Waals surface area contributed by atoms with Crippen LogP contribution in [0.25, 0.3) is 0 Å². The van der Waals surface area contributed by atoms with Gasteiger partial charge in [-0.1, -0.05) is 15.9 Å². The van der Waals surface area contributed by atoms with Crippen molar-refractivity contribution in [2.24, 2.45) is 0 Å². The van der Waals surface area contributed by atoms with E-state index in [0.29, 0.717) is 5.56 Å². The minimum absolute atomic E-state index is 0.0411. The first-order valence-electron chi connectivity index (χ1n) is 6.35. The number of non-ortho nitro benzene ring substituents is 1. The number of hydrogen-bond acceptors (Lipinski definition) is 3. The number of nitro groups is 1. The summed E-state index contributed by atoms with van der Waals surface area (Å²) in [5.74, 6) is -0.294. The quantitative estimate of drug-likeness (QED) is 0.623. The number of anilines is 1. The normalized spacial score (nSPS) is 12.0. The number of nitrogens with zero attached hydrogens (tertiary/aromatic N) is 1. The summed E-state index contributed by atoms with van der Waals surface area (Å²) in [5, 5.41) is 13.9. The Morgan fingerprint density at radius 1 is 1.29 bits per heavy atom. The Morgan fingerprint density at radius 3 is 2.62 bits per heavy atom. The van der Waals surface area contributed by atoms with Crippen LogP contribution in [0, 0.1) is 22.9 Å². The van der Waals surface area contributed by atoms with Crippen LogP contribution < -0.4 is 5.32 Å². The highest BCUT2D eigenvalue weighted by molar-refractivity contribution is 9.10. The maximum absolute atomic E-state index is 13.8. The van der Waals surface area contributed by atoms with Crippen LogP contribution in [0.4, 0.5) is 15.8 Å². The van der Waals surface area contributed by atoms with Crippen LogP contribution in [-0.4, -0.2) is 4.92 Å². The summed E-state index contributed by atoms with van der Waals surface area (Å²) < 4.78 is 14.6. The summed E-state index contributed by atoms with van der Waals surface area (Å²) in [6.07, 6.45) is 0. The van der Waals surface area contributed by atoms with Gasteiger partial charge in [0.1, 0.15) is 5.82 Å². The number of nitrogens with one attached hydrogen (secondary N) is 1. The van der Waals surface area contributed by atoms with E-state index in [1.165, 1.54) is 18.2 Å². The molecular formula is C15H14BrFN2O2. The summed E-state index contributed by atoms with van der Waals surface area (Å²) in [5.41, 5.74) is 2.06. The third-order valence-electron chi connectivity index (χ3n) is 3.22. The van der Waals surface area contributed by atoms with Crippen molar-refractivity contribution >= 4 is 27.3 Å². The van der Waals surface area contributed by atoms with E-state index in [1.54, 1.807) is 25.1 Å². The number of aryl methyl sites for hydroxylation is 1. The molecule has 0 aliphatic carbocycles. The Balaban J connectivity index is 2.25. The van der Waals surface area contributed by atoms with Crippen LogP contribution >= 0.6 is 15.9 Å². The topological polar surface area (TPSA) is 55.2 Å². The second kappa shape index (κ2) is 6.22. The molecule has 1 atom stereocenters. The molecular weight excluding hydrogens is 339 g/mol. The van der Waals surface area contributed by atoms with Gasteiger partial charge in [0.05, 0.1) is 11.0 Å². The highest BCUT2D eigenvalue weighted by Crippen LogP contribution is 2.28.